The standard InChI is InChI=1S/C23H27FN2O5S/c1-16-7-9-17(10-8-16)20(15-22(27)31-2)25-23(28)18-11-13-26(14-12-18)32(29,30)21-6-4-3-5-19(21)24/h3-10,18,20H,11-15H2,1-2H3,(H,25,28). The van der Waals surface area contributed by atoms with Gasteiger partial charge in [-0.25, -0.2) is 12.8 Å². The Labute approximate surface area is 187 Å². The highest BCUT2D eigenvalue weighted by Crippen LogP contribution is 2.26. The van der Waals surface area contributed by atoms with Gasteiger partial charge in [0.25, 0.3) is 0 Å². The molecule has 7 nitrogen and oxygen atoms in total. The Morgan fingerprint density at radius 2 is 1.75 bits per heavy atom. The molecule has 0 saturated carbocycles. The molecule has 1 aliphatic heterocycles. The Hall–Kier alpha value is -2.78. The van der Waals surface area contributed by atoms with Crippen molar-refractivity contribution >= 4 is 21.9 Å². The summed E-state index contributed by atoms with van der Waals surface area (Å²) in [5.41, 5.74) is 1.84. The first kappa shape index (κ1) is 23.9. The summed E-state index contributed by atoms with van der Waals surface area (Å²) in [5, 5.41) is 2.91. The molecular formula is C23H27FN2O5S. The second-order valence-electron chi connectivity index (χ2n) is 7.86. The SMILES string of the molecule is COC(=O)CC(NC(=O)C1CCN(S(=O)(=O)c2ccccc2F)CC1)c1ccc(C)cc1. The normalized spacial score (nSPS) is 16.3. The highest BCUT2D eigenvalue weighted by molar-refractivity contribution is 7.89. The number of amides is 1. The predicted molar refractivity (Wildman–Crippen MR) is 117 cm³/mol. The number of halogens is 1. The smallest absolute Gasteiger partial charge is 0.307 e. The molecule has 1 unspecified atom stereocenters. The summed E-state index contributed by atoms with van der Waals surface area (Å²) >= 11 is 0. The monoisotopic (exact) mass is 462 g/mol. The molecule has 1 amide bonds. The van der Waals surface area contributed by atoms with Crippen LogP contribution < -0.4 is 5.32 Å². The Kier molecular flexibility index (Phi) is 7.63. The lowest BCUT2D eigenvalue weighted by molar-refractivity contribution is -0.141. The molecule has 1 N–H and O–H groups in total. The van der Waals surface area contributed by atoms with Gasteiger partial charge >= 0.3 is 5.97 Å². The maximum Gasteiger partial charge on any atom is 0.307 e. The number of carbonyl (C=O) groups is 2. The molecule has 1 atom stereocenters. The van der Waals surface area contributed by atoms with Crippen molar-refractivity contribution in [3.05, 3.63) is 65.5 Å². The number of esters is 1. The van der Waals surface area contributed by atoms with E-state index < -0.39 is 33.8 Å². The summed E-state index contributed by atoms with van der Waals surface area (Å²) in [7, 11) is -2.67. The number of ether oxygens (including phenoxy) is 1. The van der Waals surface area contributed by atoms with Crippen molar-refractivity contribution in [2.75, 3.05) is 20.2 Å². The molecule has 1 fully saturated rings. The number of hydrogen-bond acceptors (Lipinski definition) is 5. The van der Waals surface area contributed by atoms with Gasteiger partial charge < -0.3 is 10.1 Å². The van der Waals surface area contributed by atoms with Crippen molar-refractivity contribution in [1.82, 2.24) is 9.62 Å². The van der Waals surface area contributed by atoms with E-state index in [0.29, 0.717) is 12.8 Å². The minimum absolute atomic E-state index is 0.00813. The third kappa shape index (κ3) is 5.52. The molecular weight excluding hydrogens is 435 g/mol. The maximum atomic E-state index is 14.0. The first-order valence-electron chi connectivity index (χ1n) is 10.4. The van der Waals surface area contributed by atoms with Gasteiger partial charge in [-0.2, -0.15) is 4.31 Å². The van der Waals surface area contributed by atoms with Crippen LogP contribution in [-0.2, 0) is 24.3 Å². The van der Waals surface area contributed by atoms with E-state index in [2.05, 4.69) is 5.32 Å². The van der Waals surface area contributed by atoms with Crippen LogP contribution in [0.2, 0.25) is 0 Å². The lowest BCUT2D eigenvalue weighted by Crippen LogP contribution is -2.44. The number of nitrogens with one attached hydrogen (secondary N) is 1. The summed E-state index contributed by atoms with van der Waals surface area (Å²) in [6.07, 6.45) is 0.600. The zero-order valence-electron chi connectivity index (χ0n) is 18.1. The summed E-state index contributed by atoms with van der Waals surface area (Å²) in [4.78, 5) is 24.4. The second-order valence-corrected chi connectivity index (χ2v) is 9.77. The fraction of sp³-hybridized carbons (Fsp3) is 0.391. The summed E-state index contributed by atoms with van der Waals surface area (Å²) in [6, 6.07) is 12.2. The van der Waals surface area contributed by atoms with Gasteiger partial charge in [-0.05, 0) is 37.5 Å². The molecule has 32 heavy (non-hydrogen) atoms. The number of rotatable bonds is 7. The van der Waals surface area contributed by atoms with Gasteiger partial charge in [-0.1, -0.05) is 42.0 Å². The number of piperidine rings is 1. The number of carbonyl (C=O) groups excluding carboxylic acids is 2. The molecule has 0 spiro atoms. The zero-order valence-corrected chi connectivity index (χ0v) is 18.9. The van der Waals surface area contributed by atoms with Gasteiger partial charge in [-0.3, -0.25) is 9.59 Å². The predicted octanol–water partition coefficient (Wildman–Crippen LogP) is 2.96. The Morgan fingerprint density at radius 3 is 2.34 bits per heavy atom. The average molecular weight is 463 g/mol. The molecule has 0 aromatic heterocycles. The zero-order chi connectivity index (χ0) is 23.3. The number of nitrogens with zero attached hydrogens (tertiary/aromatic N) is 1. The molecule has 1 heterocycles. The molecule has 0 bridgehead atoms. The fourth-order valence-electron chi connectivity index (χ4n) is 3.74. The van der Waals surface area contributed by atoms with Crippen LogP contribution in [0, 0.1) is 18.7 Å². The van der Waals surface area contributed by atoms with E-state index in [1.807, 2.05) is 31.2 Å². The summed E-state index contributed by atoms with van der Waals surface area (Å²) in [5.74, 6) is -1.90. The van der Waals surface area contributed by atoms with Crippen molar-refractivity contribution in [3.8, 4) is 0 Å². The number of benzene rings is 2. The lowest BCUT2D eigenvalue weighted by Gasteiger charge is -2.31. The largest absolute Gasteiger partial charge is 0.469 e. The van der Waals surface area contributed by atoms with Crippen molar-refractivity contribution in [2.24, 2.45) is 5.92 Å². The molecule has 172 valence electrons. The van der Waals surface area contributed by atoms with Crippen molar-refractivity contribution in [1.29, 1.82) is 0 Å². The van der Waals surface area contributed by atoms with Gasteiger partial charge in [0.15, 0.2) is 0 Å². The van der Waals surface area contributed by atoms with Gasteiger partial charge in [0.2, 0.25) is 15.9 Å². The van der Waals surface area contributed by atoms with E-state index in [9.17, 15) is 22.4 Å². The van der Waals surface area contributed by atoms with Gasteiger partial charge in [0.1, 0.15) is 10.7 Å². The van der Waals surface area contributed by atoms with Gasteiger partial charge in [0, 0.05) is 19.0 Å². The molecule has 0 radical (unpaired) electrons. The van der Waals surface area contributed by atoms with Crippen molar-refractivity contribution < 1.29 is 27.1 Å². The molecule has 0 aliphatic carbocycles. The van der Waals surface area contributed by atoms with E-state index in [1.165, 1.54) is 29.6 Å². The molecule has 1 saturated heterocycles. The van der Waals surface area contributed by atoms with E-state index in [-0.39, 0.29) is 30.3 Å². The van der Waals surface area contributed by atoms with Crippen LogP contribution in [0.1, 0.15) is 36.4 Å². The first-order valence-corrected chi connectivity index (χ1v) is 11.8. The fourth-order valence-corrected chi connectivity index (χ4v) is 5.28. The second kappa shape index (κ2) is 10.2. The van der Waals surface area contributed by atoms with Crippen LogP contribution in [0.4, 0.5) is 4.39 Å². The molecule has 9 heteroatoms. The highest BCUT2D eigenvalue weighted by atomic mass is 32.2. The summed E-state index contributed by atoms with van der Waals surface area (Å²) < 4.78 is 45.5. The Morgan fingerprint density at radius 1 is 1.12 bits per heavy atom. The molecule has 2 aromatic rings. The Balaban J connectivity index is 1.66. The van der Waals surface area contributed by atoms with E-state index in [4.69, 9.17) is 4.74 Å². The Bertz CT molecular complexity index is 1060. The van der Waals surface area contributed by atoms with E-state index in [0.717, 1.165) is 17.2 Å². The van der Waals surface area contributed by atoms with Crippen molar-refractivity contribution in [2.45, 2.75) is 37.1 Å². The van der Waals surface area contributed by atoms with Crippen LogP contribution in [0.5, 0.6) is 0 Å². The lowest BCUT2D eigenvalue weighted by atomic mass is 9.95. The van der Waals surface area contributed by atoms with Crippen LogP contribution in [0.15, 0.2) is 53.4 Å². The first-order chi connectivity index (χ1) is 15.2. The third-order valence-electron chi connectivity index (χ3n) is 5.67. The minimum Gasteiger partial charge on any atom is -0.469 e. The maximum absolute atomic E-state index is 14.0. The quantitative estimate of drug-likeness (QED) is 0.639. The number of hydrogen-bond donors (Lipinski definition) is 1. The van der Waals surface area contributed by atoms with Crippen LogP contribution in [0.25, 0.3) is 0 Å². The van der Waals surface area contributed by atoms with Crippen LogP contribution in [0.3, 0.4) is 0 Å². The average Bonchev–Trinajstić information content (AvgIpc) is 2.79. The van der Waals surface area contributed by atoms with Crippen LogP contribution >= 0.6 is 0 Å². The number of methoxy groups -OCH3 is 1. The molecule has 1 aliphatic rings. The molecule has 3 rings (SSSR count). The number of aryl methyl sites for hydroxylation is 1. The van der Waals surface area contributed by atoms with E-state index in [1.54, 1.807) is 0 Å². The minimum atomic E-state index is -3.97. The number of sulfonamides is 1. The van der Waals surface area contributed by atoms with E-state index >= 15 is 0 Å². The summed E-state index contributed by atoms with van der Waals surface area (Å²) in [6.45, 7) is 2.17. The molecule has 2 aromatic carbocycles. The van der Waals surface area contributed by atoms with Gasteiger partial charge in [0.05, 0.1) is 19.6 Å². The van der Waals surface area contributed by atoms with Crippen LogP contribution in [-0.4, -0.2) is 44.8 Å². The highest BCUT2D eigenvalue weighted by Gasteiger charge is 2.34. The van der Waals surface area contributed by atoms with Crippen molar-refractivity contribution in [3.63, 3.8) is 0 Å². The topological polar surface area (TPSA) is 92.8 Å². The van der Waals surface area contributed by atoms with Gasteiger partial charge in [-0.15, -0.1) is 0 Å². The third-order valence-corrected chi connectivity index (χ3v) is 7.61.